The van der Waals surface area contributed by atoms with Gasteiger partial charge in [-0.3, -0.25) is 0 Å². The van der Waals surface area contributed by atoms with Crippen molar-refractivity contribution >= 4 is 63.8 Å². The second kappa shape index (κ2) is 10.5. The summed E-state index contributed by atoms with van der Waals surface area (Å²) in [7, 11) is 0. The Kier molecular flexibility index (Phi) is 5.77. The lowest BCUT2D eigenvalue weighted by Crippen LogP contribution is -2.55. The van der Waals surface area contributed by atoms with Gasteiger partial charge in [-0.05, 0) is 157 Å². The molecule has 14 rings (SSSR count). The SMILES string of the molecule is c1ccc2c3c(ccc2c1)-c1ccc(-c2c4ccccc4c(-c4ccc5sc6ccccc6c5c4)c4ccccc24)cc1C31C2CC3CC(C2)CC1C3. The van der Waals surface area contributed by atoms with Crippen LogP contribution in [0.2, 0.25) is 0 Å². The Balaban J connectivity index is 1.09. The minimum atomic E-state index is 0.0965. The Hall–Kier alpha value is -5.24. The fourth-order valence-corrected chi connectivity index (χ4v) is 13.8. The zero-order valence-electron chi connectivity index (χ0n) is 29.6. The van der Waals surface area contributed by atoms with Crippen LogP contribution < -0.4 is 0 Å². The van der Waals surface area contributed by atoms with Gasteiger partial charge in [0.25, 0.3) is 0 Å². The van der Waals surface area contributed by atoms with E-state index in [4.69, 9.17) is 0 Å². The molecule has 0 nitrogen and oxygen atoms in total. The Morgan fingerprint density at radius 1 is 0.415 bits per heavy atom. The van der Waals surface area contributed by atoms with E-state index < -0.39 is 0 Å². The Morgan fingerprint density at radius 2 is 0.943 bits per heavy atom. The maximum absolute atomic E-state index is 2.70. The van der Waals surface area contributed by atoms with Gasteiger partial charge in [0.2, 0.25) is 0 Å². The summed E-state index contributed by atoms with van der Waals surface area (Å²) >= 11 is 1.90. The van der Waals surface area contributed by atoms with Crippen LogP contribution in [-0.2, 0) is 5.41 Å². The molecule has 0 atom stereocenters. The van der Waals surface area contributed by atoms with Crippen molar-refractivity contribution in [1.29, 1.82) is 0 Å². The number of thiophene rings is 1. The Morgan fingerprint density at radius 3 is 1.62 bits per heavy atom. The van der Waals surface area contributed by atoms with E-state index in [9.17, 15) is 0 Å². The summed E-state index contributed by atoms with van der Waals surface area (Å²) in [6.07, 6.45) is 7.04. The Bertz CT molecular complexity index is 2940. The molecule has 4 fully saturated rings. The molecule has 1 heterocycles. The fourth-order valence-electron chi connectivity index (χ4n) is 12.8. The van der Waals surface area contributed by atoms with Gasteiger partial charge in [0, 0.05) is 25.6 Å². The molecule has 1 aromatic heterocycles. The third-order valence-electron chi connectivity index (χ3n) is 14.4. The van der Waals surface area contributed by atoms with Crippen LogP contribution in [0.3, 0.4) is 0 Å². The van der Waals surface area contributed by atoms with E-state index >= 15 is 0 Å². The first-order valence-electron chi connectivity index (χ1n) is 19.8. The molecule has 0 amide bonds. The van der Waals surface area contributed by atoms with Gasteiger partial charge < -0.3 is 0 Å². The Labute approximate surface area is 313 Å². The van der Waals surface area contributed by atoms with Gasteiger partial charge in [-0.2, -0.15) is 0 Å². The van der Waals surface area contributed by atoms with Gasteiger partial charge in [0.15, 0.2) is 0 Å². The van der Waals surface area contributed by atoms with Crippen LogP contribution in [0.1, 0.15) is 43.2 Å². The smallest absolute Gasteiger partial charge is 0.0355 e. The lowest BCUT2D eigenvalue weighted by atomic mass is 9.43. The first-order valence-corrected chi connectivity index (χ1v) is 20.6. The number of rotatable bonds is 2. The molecule has 0 unspecified atom stereocenters. The van der Waals surface area contributed by atoms with Crippen LogP contribution in [0.15, 0.2) is 146 Å². The third-order valence-corrected chi connectivity index (χ3v) is 15.6. The number of fused-ring (bicyclic) bond motifs is 10. The molecule has 0 saturated heterocycles. The second-order valence-electron chi connectivity index (χ2n) is 16.8. The molecule has 8 aromatic carbocycles. The fraction of sp³-hybridized carbons (Fsp3) is 0.192. The monoisotopic (exact) mass is 694 g/mol. The summed E-state index contributed by atoms with van der Waals surface area (Å²) in [6, 6.07) is 56.3. The highest BCUT2D eigenvalue weighted by Gasteiger charge is 2.62. The molecule has 1 heteroatoms. The normalized spacial score (nSPS) is 23.9. The van der Waals surface area contributed by atoms with Crippen LogP contribution in [-0.4, -0.2) is 0 Å². The lowest BCUT2D eigenvalue weighted by molar-refractivity contribution is -0.0393. The summed E-state index contributed by atoms with van der Waals surface area (Å²) in [5, 5.41) is 10.9. The van der Waals surface area contributed by atoms with Crippen molar-refractivity contribution in [3.63, 3.8) is 0 Å². The molecule has 4 saturated carbocycles. The van der Waals surface area contributed by atoms with E-state index in [1.165, 1.54) is 118 Å². The molecule has 0 N–H and O–H groups in total. The average molecular weight is 695 g/mol. The molecular weight excluding hydrogens is 657 g/mol. The summed E-state index contributed by atoms with van der Waals surface area (Å²) < 4.78 is 2.71. The van der Waals surface area contributed by atoms with Crippen LogP contribution in [0.25, 0.3) is 85.9 Å². The highest BCUT2D eigenvalue weighted by Crippen LogP contribution is 2.70. The van der Waals surface area contributed by atoms with E-state index in [1.807, 2.05) is 11.3 Å². The molecule has 252 valence electrons. The van der Waals surface area contributed by atoms with Crippen molar-refractivity contribution in [2.24, 2.45) is 23.7 Å². The van der Waals surface area contributed by atoms with Gasteiger partial charge in [-0.25, -0.2) is 0 Å². The third kappa shape index (κ3) is 3.76. The first kappa shape index (κ1) is 29.2. The molecule has 53 heavy (non-hydrogen) atoms. The molecule has 9 aromatic rings. The van der Waals surface area contributed by atoms with Crippen LogP contribution in [0.5, 0.6) is 0 Å². The van der Waals surface area contributed by atoms with Gasteiger partial charge >= 0.3 is 0 Å². The largest absolute Gasteiger partial charge is 0.135 e. The van der Waals surface area contributed by atoms with Crippen molar-refractivity contribution in [1.82, 2.24) is 0 Å². The summed E-state index contributed by atoms with van der Waals surface area (Å²) in [6.45, 7) is 0. The minimum Gasteiger partial charge on any atom is -0.135 e. The van der Waals surface area contributed by atoms with Crippen molar-refractivity contribution in [3.05, 3.63) is 157 Å². The van der Waals surface area contributed by atoms with Crippen molar-refractivity contribution in [2.45, 2.75) is 37.5 Å². The first-order chi connectivity index (χ1) is 26.2. The number of benzene rings is 8. The molecule has 5 aliphatic carbocycles. The predicted molar refractivity (Wildman–Crippen MR) is 226 cm³/mol. The van der Waals surface area contributed by atoms with E-state index in [0.29, 0.717) is 0 Å². The quantitative estimate of drug-likeness (QED) is 0.158. The zero-order valence-corrected chi connectivity index (χ0v) is 30.4. The number of hydrogen-bond donors (Lipinski definition) is 0. The molecule has 4 bridgehead atoms. The minimum absolute atomic E-state index is 0.0965. The van der Waals surface area contributed by atoms with E-state index in [1.54, 1.807) is 11.1 Å². The van der Waals surface area contributed by atoms with Gasteiger partial charge in [-0.1, -0.05) is 121 Å². The topological polar surface area (TPSA) is 0 Å². The van der Waals surface area contributed by atoms with Crippen LogP contribution in [0.4, 0.5) is 0 Å². The molecule has 1 spiro atoms. The van der Waals surface area contributed by atoms with Gasteiger partial charge in [0.1, 0.15) is 0 Å². The lowest BCUT2D eigenvalue weighted by Gasteiger charge is -2.61. The average Bonchev–Trinajstić information content (AvgIpc) is 3.72. The number of hydrogen-bond acceptors (Lipinski definition) is 1. The molecular formula is C52H38S. The summed E-state index contributed by atoms with van der Waals surface area (Å²) in [5.74, 6) is 3.28. The highest BCUT2D eigenvalue weighted by atomic mass is 32.1. The molecule has 5 aliphatic rings. The van der Waals surface area contributed by atoms with Gasteiger partial charge in [-0.15, -0.1) is 11.3 Å². The van der Waals surface area contributed by atoms with Crippen molar-refractivity contribution in [3.8, 4) is 33.4 Å². The molecule has 0 radical (unpaired) electrons. The van der Waals surface area contributed by atoms with Gasteiger partial charge in [0.05, 0.1) is 0 Å². The predicted octanol–water partition coefficient (Wildman–Crippen LogP) is 14.6. The van der Waals surface area contributed by atoms with E-state index in [-0.39, 0.29) is 5.41 Å². The second-order valence-corrected chi connectivity index (χ2v) is 17.9. The summed E-state index contributed by atoms with van der Waals surface area (Å²) in [4.78, 5) is 0. The van der Waals surface area contributed by atoms with Crippen LogP contribution >= 0.6 is 11.3 Å². The van der Waals surface area contributed by atoms with Crippen LogP contribution in [0, 0.1) is 23.7 Å². The van der Waals surface area contributed by atoms with Crippen molar-refractivity contribution in [2.75, 3.05) is 0 Å². The standard InChI is InChI=1S/C52H38S/c1-2-10-37-32(9-1)17-21-44-38-20-18-34(29-46(38)52(51(37)44)35-24-30-23-31(26-35)27-36(52)25-30)50-42-14-5-3-12-40(42)49(41-13-4-6-15-43(41)50)33-19-22-48-45(28-33)39-11-7-8-16-47(39)53-48/h1-22,28-31,35-36H,23-27H2. The molecule has 0 aliphatic heterocycles. The maximum Gasteiger partial charge on any atom is 0.0355 e. The van der Waals surface area contributed by atoms with E-state index in [2.05, 4.69) is 146 Å². The maximum atomic E-state index is 2.70. The summed E-state index contributed by atoms with van der Waals surface area (Å²) in [5.41, 5.74) is 11.8. The zero-order chi connectivity index (χ0) is 34.4. The van der Waals surface area contributed by atoms with Crippen molar-refractivity contribution < 1.29 is 0 Å². The highest BCUT2D eigenvalue weighted by molar-refractivity contribution is 7.25. The van der Waals surface area contributed by atoms with E-state index in [0.717, 1.165) is 23.7 Å².